The molecule has 0 bridgehead atoms. The Kier molecular flexibility index (Phi) is 8.68. The quantitative estimate of drug-likeness (QED) is 0.349. The Labute approximate surface area is 235 Å². The van der Waals surface area contributed by atoms with Gasteiger partial charge in [-0.25, -0.2) is 4.79 Å². The minimum Gasteiger partial charge on any atom is -0.447 e. The fraction of sp³-hybridized carbons (Fsp3) is 0.875. The number of aliphatic hydroxyl groups is 1. The first-order valence-corrected chi connectivity index (χ1v) is 15.7. The number of amides is 2. The van der Waals surface area contributed by atoms with Gasteiger partial charge in [-0.2, -0.15) is 0 Å². The van der Waals surface area contributed by atoms with Gasteiger partial charge >= 0.3 is 6.09 Å². The van der Waals surface area contributed by atoms with Crippen LogP contribution in [0.5, 0.6) is 0 Å². The zero-order chi connectivity index (χ0) is 27.8. The van der Waals surface area contributed by atoms with E-state index in [1.54, 1.807) is 17.6 Å². The molecule has 8 atom stereocenters. The lowest BCUT2D eigenvalue weighted by Crippen LogP contribution is -2.51. The monoisotopic (exact) mass is 544 g/mol. The molecule has 0 radical (unpaired) electrons. The molecule has 0 unspecified atom stereocenters. The Balaban J connectivity index is 1.12. The number of aliphatic hydroxyl groups excluding tert-OH is 1. The molecule has 1 aliphatic heterocycles. The minimum atomic E-state index is -0.314. The van der Waals surface area contributed by atoms with Crippen LogP contribution >= 0.6 is 0 Å². The number of hydrogen-bond acceptors (Lipinski definition) is 5. The highest BCUT2D eigenvalue weighted by Crippen LogP contribution is 2.67. The zero-order valence-corrected chi connectivity index (χ0v) is 24.8. The summed E-state index contributed by atoms with van der Waals surface area (Å²) in [5.41, 5.74) is 2.23. The fourth-order valence-electron chi connectivity index (χ4n) is 9.77. The van der Waals surface area contributed by atoms with Crippen LogP contribution in [0, 0.1) is 40.4 Å². The molecule has 1 N–H and O–H groups in total. The van der Waals surface area contributed by atoms with Gasteiger partial charge in [0.25, 0.3) is 0 Å². The van der Waals surface area contributed by atoms with E-state index in [9.17, 15) is 14.7 Å². The summed E-state index contributed by atoms with van der Waals surface area (Å²) >= 11 is 0. The molecule has 1 heterocycles. The number of carbonyl (C=O) groups excluding carboxylic acids is 2. The van der Waals surface area contributed by atoms with Gasteiger partial charge in [0.15, 0.2) is 0 Å². The Morgan fingerprint density at radius 2 is 1.77 bits per heavy atom. The molecule has 0 aromatic heterocycles. The summed E-state index contributed by atoms with van der Waals surface area (Å²) in [5, 5.41) is 10.3. The average Bonchev–Trinajstić information content (AvgIpc) is 3.29. The molecule has 0 aromatic carbocycles. The lowest BCUT2D eigenvalue weighted by Gasteiger charge is -2.58. The zero-order valence-electron chi connectivity index (χ0n) is 24.8. The number of allylic oxidation sites excluding steroid dienone is 1. The van der Waals surface area contributed by atoms with Crippen LogP contribution in [0.1, 0.15) is 85.0 Å². The molecule has 5 aliphatic rings. The van der Waals surface area contributed by atoms with E-state index >= 15 is 0 Å². The molecule has 220 valence electrons. The summed E-state index contributed by atoms with van der Waals surface area (Å²) in [6.45, 7) is 10.4. The number of ether oxygens (including phenoxy) is 2. The average molecular weight is 545 g/mol. The summed E-state index contributed by atoms with van der Waals surface area (Å²) in [7, 11) is 1.59. The van der Waals surface area contributed by atoms with Crippen LogP contribution in [0.3, 0.4) is 0 Å². The molecule has 4 aliphatic carbocycles. The predicted molar refractivity (Wildman–Crippen MR) is 151 cm³/mol. The Morgan fingerprint density at radius 3 is 2.51 bits per heavy atom. The van der Waals surface area contributed by atoms with Crippen LogP contribution in [-0.2, 0) is 14.3 Å². The van der Waals surface area contributed by atoms with Crippen molar-refractivity contribution in [1.82, 2.24) is 9.80 Å². The summed E-state index contributed by atoms with van der Waals surface area (Å²) < 4.78 is 10.2. The Bertz CT molecular complexity index is 930. The Hall–Kier alpha value is -1.60. The third-order valence-electron chi connectivity index (χ3n) is 12.1. The summed E-state index contributed by atoms with van der Waals surface area (Å²) in [5.74, 6) is 3.82. The van der Waals surface area contributed by atoms with Crippen molar-refractivity contribution in [2.24, 2.45) is 40.4 Å². The minimum absolute atomic E-state index is 0.138. The molecule has 5 rings (SSSR count). The first kappa shape index (κ1) is 28.9. The molecule has 7 heteroatoms. The molecule has 1 saturated heterocycles. The van der Waals surface area contributed by atoms with E-state index in [1.807, 2.05) is 4.90 Å². The molecule has 4 fully saturated rings. The number of fused-ring (bicyclic) bond motifs is 5. The lowest BCUT2D eigenvalue weighted by atomic mass is 9.47. The summed E-state index contributed by atoms with van der Waals surface area (Å²) in [6.07, 6.45) is 13.1. The smallest absolute Gasteiger partial charge is 0.409 e. The van der Waals surface area contributed by atoms with E-state index in [4.69, 9.17) is 9.47 Å². The van der Waals surface area contributed by atoms with Gasteiger partial charge in [0.1, 0.15) is 6.61 Å². The van der Waals surface area contributed by atoms with E-state index < -0.39 is 0 Å². The van der Waals surface area contributed by atoms with Crippen LogP contribution in [-0.4, -0.2) is 79.5 Å². The highest BCUT2D eigenvalue weighted by Gasteiger charge is 2.59. The normalized spacial score (nSPS) is 38.8. The van der Waals surface area contributed by atoms with Crippen molar-refractivity contribution in [2.75, 3.05) is 46.5 Å². The molecule has 39 heavy (non-hydrogen) atoms. The highest BCUT2D eigenvalue weighted by atomic mass is 16.6. The Morgan fingerprint density at radius 1 is 1.03 bits per heavy atom. The van der Waals surface area contributed by atoms with Crippen molar-refractivity contribution in [3.63, 3.8) is 0 Å². The number of methoxy groups -OCH3 is 1. The number of rotatable bonds is 7. The van der Waals surface area contributed by atoms with Gasteiger partial charge in [0, 0.05) is 39.7 Å². The van der Waals surface area contributed by atoms with Gasteiger partial charge in [-0.3, -0.25) is 4.79 Å². The van der Waals surface area contributed by atoms with Gasteiger partial charge < -0.3 is 24.4 Å². The number of carbonyl (C=O) groups is 2. The van der Waals surface area contributed by atoms with Crippen molar-refractivity contribution in [3.05, 3.63) is 11.6 Å². The molecule has 3 saturated carbocycles. The second-order valence-electron chi connectivity index (χ2n) is 13.9. The molecule has 0 aromatic rings. The summed E-state index contributed by atoms with van der Waals surface area (Å²) in [4.78, 5) is 28.9. The molecule has 0 spiro atoms. The van der Waals surface area contributed by atoms with Crippen molar-refractivity contribution in [3.8, 4) is 0 Å². The van der Waals surface area contributed by atoms with Crippen molar-refractivity contribution in [2.45, 2.75) is 91.1 Å². The van der Waals surface area contributed by atoms with Crippen LogP contribution < -0.4 is 0 Å². The van der Waals surface area contributed by atoms with Gasteiger partial charge in [-0.1, -0.05) is 32.4 Å². The molecule has 2 amide bonds. The maximum Gasteiger partial charge on any atom is 0.409 e. The third kappa shape index (κ3) is 5.51. The lowest BCUT2D eigenvalue weighted by molar-refractivity contribution is -0.133. The number of hydrogen-bond donors (Lipinski definition) is 1. The topological polar surface area (TPSA) is 79.3 Å². The van der Waals surface area contributed by atoms with Crippen LogP contribution in [0.25, 0.3) is 0 Å². The van der Waals surface area contributed by atoms with Crippen molar-refractivity contribution in [1.29, 1.82) is 0 Å². The largest absolute Gasteiger partial charge is 0.447 e. The standard InChI is InChI=1S/C32H52N2O5/c1-22(5-10-29(36)33-15-17-34(18-16-33)30(37)39-20-19-38-4)26-8-9-27-25-7-6-23-21-24(35)11-13-31(23,2)28(25)12-14-32(26,27)3/h6,22,24-28,35H,5,7-21H2,1-4H3/t22-,24+,25+,26-,27+,28+,31+,32-/m1/s1. The summed E-state index contributed by atoms with van der Waals surface area (Å²) in [6, 6.07) is 0. The fourth-order valence-corrected chi connectivity index (χ4v) is 9.77. The third-order valence-corrected chi connectivity index (χ3v) is 12.1. The van der Waals surface area contributed by atoms with Gasteiger partial charge in [0.05, 0.1) is 12.7 Å². The first-order chi connectivity index (χ1) is 18.7. The molecular weight excluding hydrogens is 492 g/mol. The van der Waals surface area contributed by atoms with E-state index in [0.29, 0.717) is 61.9 Å². The van der Waals surface area contributed by atoms with E-state index in [0.717, 1.165) is 43.4 Å². The number of piperazine rings is 1. The highest BCUT2D eigenvalue weighted by molar-refractivity contribution is 5.76. The van der Waals surface area contributed by atoms with Gasteiger partial charge in [0.2, 0.25) is 5.91 Å². The second-order valence-corrected chi connectivity index (χ2v) is 13.9. The van der Waals surface area contributed by atoms with Gasteiger partial charge in [-0.15, -0.1) is 0 Å². The van der Waals surface area contributed by atoms with Crippen molar-refractivity contribution >= 4 is 12.0 Å². The molecular formula is C32H52N2O5. The number of nitrogens with zero attached hydrogens (tertiary/aromatic N) is 2. The predicted octanol–water partition coefficient (Wildman–Crippen LogP) is 5.27. The maximum absolute atomic E-state index is 13.1. The molecule has 7 nitrogen and oxygen atoms in total. The van der Waals surface area contributed by atoms with Crippen LogP contribution in [0.2, 0.25) is 0 Å². The van der Waals surface area contributed by atoms with Crippen LogP contribution in [0.4, 0.5) is 4.79 Å². The van der Waals surface area contributed by atoms with Crippen LogP contribution in [0.15, 0.2) is 11.6 Å². The van der Waals surface area contributed by atoms with E-state index in [-0.39, 0.29) is 24.7 Å². The van der Waals surface area contributed by atoms with E-state index in [2.05, 4.69) is 26.8 Å². The second kappa shape index (κ2) is 11.7. The van der Waals surface area contributed by atoms with Crippen molar-refractivity contribution < 1.29 is 24.2 Å². The SMILES string of the molecule is COCCOC(=O)N1CCN(C(=O)CC[C@@H](C)[C@H]2CC[C@H]3[C@@H]4CC=C5C[C@@H](O)CC[C@]5(C)[C@H]4CC[C@]23C)CC1. The first-order valence-electron chi connectivity index (χ1n) is 15.7. The van der Waals surface area contributed by atoms with E-state index in [1.165, 1.54) is 32.1 Å². The maximum atomic E-state index is 13.1. The van der Waals surface area contributed by atoms with Gasteiger partial charge in [-0.05, 0) is 98.2 Å².